The van der Waals surface area contributed by atoms with Crippen LogP contribution >= 0.6 is 11.6 Å². The van der Waals surface area contributed by atoms with E-state index in [9.17, 15) is 10.2 Å². The molecule has 23 heavy (non-hydrogen) atoms. The summed E-state index contributed by atoms with van der Waals surface area (Å²) in [5.74, 6) is 1.42. The minimum atomic E-state index is -0.588. The number of phenols is 1. The first kappa shape index (κ1) is 16.1. The Morgan fingerprint density at radius 3 is 2.96 bits per heavy atom. The fraction of sp³-hybridized carbons (Fsp3) is 0.333. The van der Waals surface area contributed by atoms with Gasteiger partial charge in [0.1, 0.15) is 11.5 Å². The zero-order valence-corrected chi connectivity index (χ0v) is 13.5. The summed E-state index contributed by atoms with van der Waals surface area (Å²) in [5.41, 5.74) is 1.83. The van der Waals surface area contributed by atoms with Crippen molar-refractivity contribution in [3.05, 3.63) is 58.6 Å². The predicted octanol–water partition coefficient (Wildman–Crippen LogP) is 2.92. The molecule has 0 radical (unpaired) electrons. The molecule has 0 fully saturated rings. The van der Waals surface area contributed by atoms with Crippen molar-refractivity contribution in [3.63, 3.8) is 0 Å². The van der Waals surface area contributed by atoms with E-state index in [1.54, 1.807) is 30.3 Å². The molecule has 4 nitrogen and oxygen atoms in total. The molecule has 0 spiro atoms. The van der Waals surface area contributed by atoms with Gasteiger partial charge in [-0.3, -0.25) is 0 Å². The molecule has 0 saturated carbocycles. The van der Waals surface area contributed by atoms with Gasteiger partial charge in [0.05, 0.1) is 12.7 Å². The third-order valence-electron chi connectivity index (χ3n) is 4.03. The van der Waals surface area contributed by atoms with Crippen LogP contribution in [0.3, 0.4) is 0 Å². The van der Waals surface area contributed by atoms with Gasteiger partial charge in [-0.25, -0.2) is 0 Å². The van der Waals surface area contributed by atoms with Gasteiger partial charge >= 0.3 is 0 Å². The average Bonchev–Trinajstić information content (AvgIpc) is 2.54. The van der Waals surface area contributed by atoms with Crippen LogP contribution in [0.15, 0.2) is 42.5 Å². The van der Waals surface area contributed by atoms with Gasteiger partial charge in [0, 0.05) is 24.0 Å². The molecule has 0 aliphatic carbocycles. The number of ether oxygens (including phenoxy) is 1. The van der Waals surface area contributed by atoms with E-state index >= 15 is 0 Å². The van der Waals surface area contributed by atoms with E-state index in [1.807, 2.05) is 12.1 Å². The largest absolute Gasteiger partial charge is 0.508 e. The number of aromatic hydroxyl groups is 1. The maximum Gasteiger partial charge on any atom is 0.122 e. The summed E-state index contributed by atoms with van der Waals surface area (Å²) >= 11 is 5.94. The molecule has 122 valence electrons. The van der Waals surface area contributed by atoms with Gasteiger partial charge in [-0.15, -0.1) is 0 Å². The first-order valence-corrected chi connectivity index (χ1v) is 8.08. The van der Waals surface area contributed by atoms with Crippen molar-refractivity contribution < 1.29 is 14.9 Å². The Labute approximate surface area is 140 Å². The number of fused-ring (bicyclic) bond motifs is 1. The molecule has 2 aromatic carbocycles. The second kappa shape index (κ2) is 7.21. The molecule has 0 saturated heterocycles. The van der Waals surface area contributed by atoms with E-state index in [4.69, 9.17) is 16.3 Å². The zero-order valence-electron chi connectivity index (χ0n) is 12.7. The molecule has 1 aliphatic heterocycles. The van der Waals surface area contributed by atoms with Crippen LogP contribution in [-0.4, -0.2) is 29.9 Å². The highest BCUT2D eigenvalue weighted by atomic mass is 35.5. The molecule has 1 aliphatic rings. The molecule has 0 aromatic heterocycles. The van der Waals surface area contributed by atoms with Gasteiger partial charge in [0.15, 0.2) is 0 Å². The fourth-order valence-electron chi connectivity index (χ4n) is 2.83. The van der Waals surface area contributed by atoms with Gasteiger partial charge < -0.3 is 20.3 Å². The van der Waals surface area contributed by atoms with Gasteiger partial charge in [-0.05, 0) is 47.9 Å². The normalized spacial score (nSPS) is 18.1. The number of nitrogens with one attached hydrogen (secondary N) is 1. The average molecular weight is 334 g/mol. The van der Waals surface area contributed by atoms with E-state index in [-0.39, 0.29) is 5.75 Å². The predicted molar refractivity (Wildman–Crippen MR) is 90.1 cm³/mol. The maximum atomic E-state index is 10.2. The van der Waals surface area contributed by atoms with Crippen molar-refractivity contribution in [2.24, 2.45) is 5.92 Å². The second-order valence-corrected chi connectivity index (χ2v) is 6.34. The molecule has 2 aromatic rings. The topological polar surface area (TPSA) is 61.7 Å². The number of hydrogen-bond donors (Lipinski definition) is 3. The highest BCUT2D eigenvalue weighted by molar-refractivity contribution is 6.30. The van der Waals surface area contributed by atoms with Crippen LogP contribution in [0.4, 0.5) is 0 Å². The SMILES string of the molecule is Oc1ccc2c(c1)CC(CNC[C@H](O)c1cccc(Cl)c1)CO2. The Hall–Kier alpha value is -1.75. The molecule has 3 rings (SSSR count). The molecular formula is C18H20ClNO3. The van der Waals surface area contributed by atoms with Crippen LogP contribution in [0.2, 0.25) is 5.02 Å². The van der Waals surface area contributed by atoms with Crippen molar-refractivity contribution in [1.82, 2.24) is 5.32 Å². The fourth-order valence-corrected chi connectivity index (χ4v) is 3.03. The lowest BCUT2D eigenvalue weighted by Gasteiger charge is -2.26. The maximum absolute atomic E-state index is 10.2. The summed E-state index contributed by atoms with van der Waals surface area (Å²) < 4.78 is 5.72. The second-order valence-electron chi connectivity index (χ2n) is 5.90. The highest BCUT2D eigenvalue weighted by Crippen LogP contribution is 2.30. The third kappa shape index (κ3) is 4.16. The van der Waals surface area contributed by atoms with Crippen molar-refractivity contribution in [1.29, 1.82) is 0 Å². The van der Waals surface area contributed by atoms with E-state index in [1.165, 1.54) is 0 Å². The number of halogens is 1. The van der Waals surface area contributed by atoms with Crippen molar-refractivity contribution in [2.75, 3.05) is 19.7 Å². The summed E-state index contributed by atoms with van der Waals surface area (Å²) in [6.07, 6.45) is 0.263. The van der Waals surface area contributed by atoms with Gasteiger partial charge in [0.2, 0.25) is 0 Å². The van der Waals surface area contributed by atoms with Gasteiger partial charge in [-0.1, -0.05) is 23.7 Å². The van der Waals surface area contributed by atoms with Crippen molar-refractivity contribution in [3.8, 4) is 11.5 Å². The van der Waals surface area contributed by atoms with E-state index in [0.717, 1.165) is 29.8 Å². The monoisotopic (exact) mass is 333 g/mol. The molecule has 1 unspecified atom stereocenters. The van der Waals surface area contributed by atoms with Crippen LogP contribution in [-0.2, 0) is 6.42 Å². The Morgan fingerprint density at radius 2 is 2.13 bits per heavy atom. The van der Waals surface area contributed by atoms with Gasteiger partial charge in [0.25, 0.3) is 0 Å². The Kier molecular flexibility index (Phi) is 5.06. The smallest absolute Gasteiger partial charge is 0.122 e. The first-order valence-electron chi connectivity index (χ1n) is 7.71. The van der Waals surface area contributed by atoms with E-state index in [0.29, 0.717) is 24.1 Å². The van der Waals surface area contributed by atoms with Crippen LogP contribution in [0.5, 0.6) is 11.5 Å². The zero-order chi connectivity index (χ0) is 16.2. The first-order chi connectivity index (χ1) is 11.1. The van der Waals surface area contributed by atoms with Crippen molar-refractivity contribution in [2.45, 2.75) is 12.5 Å². The van der Waals surface area contributed by atoms with Crippen LogP contribution in [0.1, 0.15) is 17.2 Å². The number of hydrogen-bond acceptors (Lipinski definition) is 4. The summed E-state index contributed by atoms with van der Waals surface area (Å²) in [4.78, 5) is 0. The Bertz CT molecular complexity index is 677. The lowest BCUT2D eigenvalue weighted by molar-refractivity contribution is 0.165. The molecule has 1 heterocycles. The molecule has 0 amide bonds. The Balaban J connectivity index is 1.50. The number of rotatable bonds is 5. The van der Waals surface area contributed by atoms with Gasteiger partial charge in [-0.2, -0.15) is 0 Å². The summed E-state index contributed by atoms with van der Waals surface area (Å²) in [6.45, 7) is 1.84. The highest BCUT2D eigenvalue weighted by Gasteiger charge is 2.20. The van der Waals surface area contributed by atoms with Crippen LogP contribution in [0, 0.1) is 5.92 Å². The number of benzene rings is 2. The number of aliphatic hydroxyl groups excluding tert-OH is 1. The minimum absolute atomic E-state index is 0.261. The minimum Gasteiger partial charge on any atom is -0.508 e. The quantitative estimate of drug-likeness (QED) is 0.787. The lowest BCUT2D eigenvalue weighted by Crippen LogP contribution is -2.33. The molecular weight excluding hydrogens is 314 g/mol. The summed E-state index contributed by atoms with van der Waals surface area (Å²) in [6, 6.07) is 12.5. The molecule has 5 heteroatoms. The van der Waals surface area contributed by atoms with E-state index in [2.05, 4.69) is 5.32 Å². The molecule has 0 bridgehead atoms. The van der Waals surface area contributed by atoms with Crippen LogP contribution in [0.25, 0.3) is 0 Å². The number of phenolic OH excluding ortho intramolecular Hbond substituents is 1. The third-order valence-corrected chi connectivity index (χ3v) is 4.27. The standard InChI is InChI=1S/C18H20ClNO3/c19-15-3-1-2-13(7-15)17(22)10-20-9-12-6-14-8-16(21)4-5-18(14)23-11-12/h1-5,7-8,12,17,20-22H,6,9-11H2/t12?,17-/m0/s1. The lowest BCUT2D eigenvalue weighted by atomic mass is 9.96. The Morgan fingerprint density at radius 1 is 1.26 bits per heavy atom. The summed E-state index contributed by atoms with van der Waals surface area (Å²) in [7, 11) is 0. The number of aliphatic hydroxyl groups is 1. The van der Waals surface area contributed by atoms with E-state index < -0.39 is 6.10 Å². The van der Waals surface area contributed by atoms with Crippen LogP contribution < -0.4 is 10.1 Å². The molecule has 3 N–H and O–H groups in total. The van der Waals surface area contributed by atoms with Crippen molar-refractivity contribution >= 4 is 11.6 Å². The summed E-state index contributed by atoms with van der Waals surface area (Å²) in [5, 5.41) is 23.6. The molecule has 2 atom stereocenters.